The first-order valence-corrected chi connectivity index (χ1v) is 6.85. The number of hydrogen-bond acceptors (Lipinski definition) is 4. The molecule has 0 fully saturated rings. The number of carbonyl (C=O) groups excluding carboxylic acids is 1. The van der Waals surface area contributed by atoms with Crippen LogP contribution < -0.4 is 10.1 Å². The molecule has 1 aromatic rings. The van der Waals surface area contributed by atoms with Crippen molar-refractivity contribution in [1.82, 2.24) is 5.32 Å². The summed E-state index contributed by atoms with van der Waals surface area (Å²) in [6.45, 7) is 2.26. The fourth-order valence-electron chi connectivity index (χ4n) is 1.73. The van der Waals surface area contributed by atoms with E-state index in [2.05, 4.69) is 5.32 Å². The van der Waals surface area contributed by atoms with E-state index in [1.54, 1.807) is 24.3 Å². The number of ether oxygens (including phenoxy) is 2. The third kappa shape index (κ3) is 6.16. The number of rotatable bonds is 8. The molecule has 0 heterocycles. The first kappa shape index (κ1) is 16.8. The van der Waals surface area contributed by atoms with Gasteiger partial charge in [-0.3, -0.25) is 0 Å². The van der Waals surface area contributed by atoms with Crippen molar-refractivity contribution in [3.05, 3.63) is 29.8 Å². The van der Waals surface area contributed by atoms with Gasteiger partial charge in [-0.15, -0.1) is 0 Å². The van der Waals surface area contributed by atoms with Gasteiger partial charge in [-0.1, -0.05) is 25.5 Å². The highest BCUT2D eigenvalue weighted by Crippen LogP contribution is 2.14. The van der Waals surface area contributed by atoms with Crippen LogP contribution in [0.15, 0.2) is 24.3 Å². The van der Waals surface area contributed by atoms with Crippen LogP contribution >= 0.6 is 0 Å². The number of alkyl carbamates (subject to hydrolysis) is 1. The Morgan fingerprint density at radius 3 is 2.76 bits per heavy atom. The van der Waals surface area contributed by atoms with E-state index in [0.717, 1.165) is 18.4 Å². The van der Waals surface area contributed by atoms with E-state index >= 15 is 0 Å². The molecule has 1 atom stereocenters. The fraction of sp³-hybridized carbons (Fsp3) is 0.467. The molecule has 0 aliphatic heterocycles. The fourth-order valence-corrected chi connectivity index (χ4v) is 1.73. The molecule has 2 N–H and O–H groups in total. The van der Waals surface area contributed by atoms with Crippen LogP contribution in [0.5, 0.6) is 5.75 Å². The molecule has 1 rings (SSSR count). The zero-order valence-electron chi connectivity index (χ0n) is 12.3. The molecule has 6 nitrogen and oxygen atoms in total. The van der Waals surface area contributed by atoms with E-state index in [9.17, 15) is 14.7 Å². The van der Waals surface area contributed by atoms with Crippen molar-refractivity contribution in [1.29, 1.82) is 0 Å². The van der Waals surface area contributed by atoms with Crippen molar-refractivity contribution in [2.24, 2.45) is 0 Å². The molecule has 0 radical (unpaired) electrons. The second-order valence-corrected chi connectivity index (χ2v) is 4.58. The van der Waals surface area contributed by atoms with E-state index < -0.39 is 18.1 Å². The van der Waals surface area contributed by atoms with Gasteiger partial charge in [0.25, 0.3) is 0 Å². The summed E-state index contributed by atoms with van der Waals surface area (Å²) in [6, 6.07) is 6.02. The predicted molar refractivity (Wildman–Crippen MR) is 77.5 cm³/mol. The molecule has 21 heavy (non-hydrogen) atoms. The second kappa shape index (κ2) is 8.84. The van der Waals surface area contributed by atoms with Gasteiger partial charge in [-0.25, -0.2) is 9.59 Å². The summed E-state index contributed by atoms with van der Waals surface area (Å²) < 4.78 is 9.99. The lowest BCUT2D eigenvalue weighted by molar-refractivity contribution is -0.139. The first-order chi connectivity index (χ1) is 10.1. The maximum atomic E-state index is 11.5. The topological polar surface area (TPSA) is 84.9 Å². The minimum atomic E-state index is -1.11. The Kier molecular flexibility index (Phi) is 7.08. The van der Waals surface area contributed by atoms with Crippen LogP contribution in [0.3, 0.4) is 0 Å². The third-order valence-electron chi connectivity index (χ3n) is 2.90. The summed E-state index contributed by atoms with van der Waals surface area (Å²) in [5.41, 5.74) is 0.760. The molecule has 116 valence electrons. The van der Waals surface area contributed by atoms with Gasteiger partial charge in [0.1, 0.15) is 11.8 Å². The van der Waals surface area contributed by atoms with Crippen molar-refractivity contribution < 1.29 is 24.2 Å². The van der Waals surface area contributed by atoms with Crippen LogP contribution in [-0.2, 0) is 16.0 Å². The Morgan fingerprint density at radius 1 is 1.38 bits per heavy atom. The van der Waals surface area contributed by atoms with Crippen LogP contribution in [0.25, 0.3) is 0 Å². The number of hydrogen-bond donors (Lipinski definition) is 2. The molecule has 6 heteroatoms. The van der Waals surface area contributed by atoms with Crippen LogP contribution in [0, 0.1) is 0 Å². The lowest BCUT2D eigenvalue weighted by Crippen LogP contribution is -2.42. The van der Waals surface area contributed by atoms with Gasteiger partial charge < -0.3 is 19.9 Å². The summed E-state index contributed by atoms with van der Waals surface area (Å²) >= 11 is 0. The molecule has 0 bridgehead atoms. The first-order valence-electron chi connectivity index (χ1n) is 6.85. The smallest absolute Gasteiger partial charge is 0.407 e. The molecule has 0 saturated carbocycles. The third-order valence-corrected chi connectivity index (χ3v) is 2.90. The van der Waals surface area contributed by atoms with Crippen LogP contribution in [0.2, 0.25) is 0 Å². The van der Waals surface area contributed by atoms with E-state index in [0.29, 0.717) is 5.75 Å². The quantitative estimate of drug-likeness (QED) is 0.718. The average molecular weight is 295 g/mol. The molecule has 1 aromatic carbocycles. The van der Waals surface area contributed by atoms with Crippen LogP contribution in [0.1, 0.15) is 25.3 Å². The van der Waals surface area contributed by atoms with E-state index in [1.165, 1.54) is 7.11 Å². The van der Waals surface area contributed by atoms with Crippen LogP contribution in [-0.4, -0.2) is 36.9 Å². The highest BCUT2D eigenvalue weighted by atomic mass is 16.5. The molecule has 0 aliphatic carbocycles. The molecule has 0 aromatic heterocycles. The maximum absolute atomic E-state index is 11.5. The van der Waals surface area contributed by atoms with Crippen molar-refractivity contribution in [2.45, 2.75) is 32.2 Å². The predicted octanol–water partition coefficient (Wildman–Crippen LogP) is 2.22. The summed E-state index contributed by atoms with van der Waals surface area (Å²) in [7, 11) is 1.54. The molecular formula is C15H21NO5. The molecule has 1 amide bonds. The van der Waals surface area contributed by atoms with Gasteiger partial charge in [-0.05, 0) is 24.1 Å². The van der Waals surface area contributed by atoms with Crippen molar-refractivity contribution in [3.8, 4) is 5.75 Å². The average Bonchev–Trinajstić information content (AvgIpc) is 2.47. The Labute approximate surface area is 124 Å². The van der Waals surface area contributed by atoms with Crippen molar-refractivity contribution in [3.63, 3.8) is 0 Å². The number of methoxy groups -OCH3 is 1. The normalized spacial score (nSPS) is 11.5. The van der Waals surface area contributed by atoms with Gasteiger partial charge >= 0.3 is 12.1 Å². The Bertz CT molecular complexity index is 475. The van der Waals surface area contributed by atoms with Gasteiger partial charge in [0.05, 0.1) is 13.7 Å². The molecule has 1 unspecified atom stereocenters. The number of unbranched alkanes of at least 4 members (excludes halogenated alkanes) is 1. The number of carboxylic acids is 1. The number of aliphatic carboxylic acids is 1. The Morgan fingerprint density at radius 2 is 2.14 bits per heavy atom. The number of carboxylic acid groups (broad SMARTS) is 1. The number of nitrogens with one attached hydrogen (secondary N) is 1. The zero-order valence-corrected chi connectivity index (χ0v) is 12.3. The van der Waals surface area contributed by atoms with Gasteiger partial charge in [0.2, 0.25) is 0 Å². The second-order valence-electron chi connectivity index (χ2n) is 4.58. The molecule has 0 aliphatic rings. The highest BCUT2D eigenvalue weighted by Gasteiger charge is 2.21. The Hall–Kier alpha value is -2.24. The standard InChI is InChI=1S/C15H21NO5/c1-3-4-8-21-15(19)16-13(14(17)18)10-11-6-5-7-12(9-11)20-2/h5-7,9,13H,3-4,8,10H2,1-2H3,(H,16,19)(H,17,18). The number of benzene rings is 1. The van der Waals surface area contributed by atoms with Gasteiger partial charge in [0.15, 0.2) is 0 Å². The lowest BCUT2D eigenvalue weighted by atomic mass is 10.1. The zero-order chi connectivity index (χ0) is 15.7. The number of carbonyl (C=O) groups is 2. The highest BCUT2D eigenvalue weighted by molar-refractivity contribution is 5.80. The van der Waals surface area contributed by atoms with Gasteiger partial charge in [0, 0.05) is 6.42 Å². The van der Waals surface area contributed by atoms with E-state index in [-0.39, 0.29) is 13.0 Å². The minimum absolute atomic E-state index is 0.162. The molecule has 0 spiro atoms. The van der Waals surface area contributed by atoms with E-state index in [1.807, 2.05) is 6.92 Å². The number of amides is 1. The summed E-state index contributed by atoms with van der Waals surface area (Å²) in [4.78, 5) is 22.7. The van der Waals surface area contributed by atoms with Crippen molar-refractivity contribution >= 4 is 12.1 Å². The van der Waals surface area contributed by atoms with Crippen LogP contribution in [0.4, 0.5) is 4.79 Å². The Balaban J connectivity index is 2.60. The van der Waals surface area contributed by atoms with Gasteiger partial charge in [-0.2, -0.15) is 0 Å². The van der Waals surface area contributed by atoms with Crippen molar-refractivity contribution in [2.75, 3.05) is 13.7 Å². The van der Waals surface area contributed by atoms with E-state index in [4.69, 9.17) is 9.47 Å². The lowest BCUT2D eigenvalue weighted by Gasteiger charge is -2.15. The SMILES string of the molecule is CCCCOC(=O)NC(Cc1cccc(OC)c1)C(=O)O. The maximum Gasteiger partial charge on any atom is 0.407 e. The molecular weight excluding hydrogens is 274 g/mol. The summed E-state index contributed by atoms with van der Waals surface area (Å²) in [5, 5.41) is 11.5. The monoisotopic (exact) mass is 295 g/mol. The minimum Gasteiger partial charge on any atom is -0.497 e. The largest absolute Gasteiger partial charge is 0.497 e. The summed E-state index contributed by atoms with van der Waals surface area (Å²) in [5.74, 6) is -0.465. The summed E-state index contributed by atoms with van der Waals surface area (Å²) in [6.07, 6.45) is 1.11. The molecule has 0 saturated heterocycles.